The van der Waals surface area contributed by atoms with Crippen LogP contribution in [0.15, 0.2) is 42.2 Å². The molecule has 2 aliphatic carbocycles. The van der Waals surface area contributed by atoms with Crippen LogP contribution in [-0.2, 0) is 0 Å². The van der Waals surface area contributed by atoms with E-state index in [9.17, 15) is 4.39 Å². The maximum atomic E-state index is 14.1. The molecule has 1 aromatic heterocycles. The van der Waals surface area contributed by atoms with Gasteiger partial charge in [0.2, 0.25) is 0 Å². The fourth-order valence-corrected chi connectivity index (χ4v) is 3.01. The monoisotopic (exact) mass is 283 g/mol. The Labute approximate surface area is 123 Å². The van der Waals surface area contributed by atoms with Crippen LogP contribution in [0.1, 0.15) is 43.3 Å². The molecule has 4 heteroatoms. The van der Waals surface area contributed by atoms with E-state index in [1.54, 1.807) is 12.3 Å². The summed E-state index contributed by atoms with van der Waals surface area (Å²) in [7, 11) is 0. The van der Waals surface area contributed by atoms with Crippen LogP contribution in [0.2, 0.25) is 0 Å². The first-order valence-electron chi connectivity index (χ1n) is 7.50. The molecular weight excluding hydrogens is 265 g/mol. The minimum atomic E-state index is -0.171. The standard InChI is InChI=1S/C17H18FN3/c18-16-4-2-1-3-14(16)15-10-21(13-7-11(8-13)9-19)20-17(15)12-5-6-12/h1-4,9-10,12-13H,5-8,19H2. The number of rotatable bonds is 3. The van der Waals surface area contributed by atoms with Gasteiger partial charge >= 0.3 is 0 Å². The van der Waals surface area contributed by atoms with E-state index in [0.29, 0.717) is 17.5 Å². The van der Waals surface area contributed by atoms with Gasteiger partial charge in [-0.3, -0.25) is 4.68 Å². The molecule has 2 aliphatic rings. The van der Waals surface area contributed by atoms with Crippen LogP contribution < -0.4 is 5.73 Å². The Morgan fingerprint density at radius 1 is 1.19 bits per heavy atom. The van der Waals surface area contributed by atoms with Crippen molar-refractivity contribution in [3.63, 3.8) is 0 Å². The van der Waals surface area contributed by atoms with Crippen LogP contribution in [0.25, 0.3) is 11.1 Å². The number of nitrogens with zero attached hydrogens (tertiary/aromatic N) is 2. The van der Waals surface area contributed by atoms with Gasteiger partial charge in [-0.25, -0.2) is 4.39 Å². The van der Waals surface area contributed by atoms with E-state index >= 15 is 0 Å². The van der Waals surface area contributed by atoms with Crippen molar-refractivity contribution >= 4 is 0 Å². The third-order valence-corrected chi connectivity index (χ3v) is 4.49. The zero-order valence-corrected chi connectivity index (χ0v) is 11.8. The predicted molar refractivity (Wildman–Crippen MR) is 80.1 cm³/mol. The van der Waals surface area contributed by atoms with Crippen LogP contribution >= 0.6 is 0 Å². The van der Waals surface area contributed by atoms with E-state index in [-0.39, 0.29) is 5.82 Å². The van der Waals surface area contributed by atoms with E-state index in [2.05, 4.69) is 0 Å². The normalized spacial score (nSPS) is 21.2. The van der Waals surface area contributed by atoms with Gasteiger partial charge in [-0.2, -0.15) is 5.10 Å². The fraction of sp³-hybridized carbons (Fsp3) is 0.353. The number of benzene rings is 1. The summed E-state index contributed by atoms with van der Waals surface area (Å²) in [4.78, 5) is 0. The Morgan fingerprint density at radius 2 is 1.95 bits per heavy atom. The van der Waals surface area contributed by atoms with Crippen LogP contribution in [0.5, 0.6) is 0 Å². The Hall–Kier alpha value is -2.10. The van der Waals surface area contributed by atoms with E-state index in [1.165, 1.54) is 11.6 Å². The van der Waals surface area contributed by atoms with Crippen LogP contribution in [0, 0.1) is 5.82 Å². The first-order chi connectivity index (χ1) is 10.3. The summed E-state index contributed by atoms with van der Waals surface area (Å²) in [5.74, 6) is 0.334. The molecule has 3 nitrogen and oxygen atoms in total. The molecule has 1 aromatic carbocycles. The quantitative estimate of drug-likeness (QED) is 0.932. The Kier molecular flexibility index (Phi) is 2.84. The van der Waals surface area contributed by atoms with Crippen molar-refractivity contribution in [1.82, 2.24) is 9.78 Å². The summed E-state index contributed by atoms with van der Waals surface area (Å²) in [6.07, 6.45) is 7.95. The maximum absolute atomic E-state index is 14.1. The predicted octanol–water partition coefficient (Wildman–Crippen LogP) is 3.74. The number of allylic oxidation sites excluding steroid dienone is 1. The maximum Gasteiger partial charge on any atom is 0.131 e. The second kappa shape index (κ2) is 4.72. The van der Waals surface area contributed by atoms with Gasteiger partial charge < -0.3 is 5.73 Å². The molecule has 0 radical (unpaired) electrons. The van der Waals surface area contributed by atoms with Gasteiger partial charge in [-0.1, -0.05) is 23.8 Å². The number of halogens is 1. The van der Waals surface area contributed by atoms with Crippen molar-refractivity contribution in [2.45, 2.75) is 37.6 Å². The van der Waals surface area contributed by atoms with E-state index in [4.69, 9.17) is 10.8 Å². The molecule has 108 valence electrons. The Bertz CT molecular complexity index is 705. The number of hydrogen-bond donors (Lipinski definition) is 1. The van der Waals surface area contributed by atoms with Gasteiger partial charge in [-0.05, 0) is 37.9 Å². The van der Waals surface area contributed by atoms with Crippen LogP contribution in [0.4, 0.5) is 4.39 Å². The summed E-state index contributed by atoms with van der Waals surface area (Å²) in [6, 6.07) is 7.34. The lowest BCUT2D eigenvalue weighted by atomic mass is 9.87. The van der Waals surface area contributed by atoms with Gasteiger partial charge in [0, 0.05) is 23.2 Å². The summed E-state index contributed by atoms with van der Waals surface area (Å²) in [6.45, 7) is 0. The van der Waals surface area contributed by atoms with Gasteiger partial charge in [0.1, 0.15) is 5.82 Å². The topological polar surface area (TPSA) is 43.8 Å². The molecule has 2 N–H and O–H groups in total. The van der Waals surface area contributed by atoms with E-state index < -0.39 is 0 Å². The highest BCUT2D eigenvalue weighted by Gasteiger charge is 2.33. The third-order valence-electron chi connectivity index (χ3n) is 4.49. The molecular formula is C17H18FN3. The molecule has 1 heterocycles. The minimum Gasteiger partial charge on any atom is -0.405 e. The molecule has 0 atom stereocenters. The Balaban J connectivity index is 1.73. The lowest BCUT2D eigenvalue weighted by Gasteiger charge is -2.29. The van der Waals surface area contributed by atoms with Crippen molar-refractivity contribution in [2.75, 3.05) is 0 Å². The number of aromatic nitrogens is 2. The SMILES string of the molecule is NC=C1CC(n2cc(-c3ccccc3F)c(C3CC3)n2)C1. The molecule has 0 aliphatic heterocycles. The number of nitrogens with two attached hydrogens (primary N) is 1. The lowest BCUT2D eigenvalue weighted by molar-refractivity contribution is 0.368. The van der Waals surface area contributed by atoms with Gasteiger partial charge in [0.25, 0.3) is 0 Å². The second-order valence-corrected chi connectivity index (χ2v) is 6.05. The second-order valence-electron chi connectivity index (χ2n) is 6.05. The van der Waals surface area contributed by atoms with Crippen LogP contribution in [0.3, 0.4) is 0 Å². The minimum absolute atomic E-state index is 0.171. The highest BCUT2D eigenvalue weighted by atomic mass is 19.1. The van der Waals surface area contributed by atoms with Crippen molar-refractivity contribution in [1.29, 1.82) is 0 Å². The molecule has 0 amide bonds. The van der Waals surface area contributed by atoms with E-state index in [1.807, 2.05) is 23.0 Å². The molecule has 2 aromatic rings. The summed E-state index contributed by atoms with van der Waals surface area (Å²) in [5.41, 5.74) is 9.50. The zero-order valence-electron chi connectivity index (χ0n) is 11.8. The molecule has 2 saturated carbocycles. The molecule has 2 fully saturated rings. The fourth-order valence-electron chi connectivity index (χ4n) is 3.01. The zero-order chi connectivity index (χ0) is 14.4. The Morgan fingerprint density at radius 3 is 2.62 bits per heavy atom. The lowest BCUT2D eigenvalue weighted by Crippen LogP contribution is -2.21. The number of hydrogen-bond acceptors (Lipinski definition) is 2. The molecule has 0 unspecified atom stereocenters. The molecule has 21 heavy (non-hydrogen) atoms. The average molecular weight is 283 g/mol. The van der Waals surface area contributed by atoms with Gasteiger partial charge in [0.15, 0.2) is 0 Å². The van der Waals surface area contributed by atoms with Crippen molar-refractivity contribution in [2.24, 2.45) is 5.73 Å². The average Bonchev–Trinajstić information content (AvgIpc) is 3.19. The summed E-state index contributed by atoms with van der Waals surface area (Å²) in [5, 5.41) is 4.76. The summed E-state index contributed by atoms with van der Waals surface area (Å²) >= 11 is 0. The van der Waals surface area contributed by atoms with Gasteiger partial charge in [0.05, 0.1) is 11.7 Å². The largest absolute Gasteiger partial charge is 0.405 e. The highest BCUT2D eigenvalue weighted by molar-refractivity contribution is 5.67. The third kappa shape index (κ3) is 2.15. The van der Waals surface area contributed by atoms with Gasteiger partial charge in [-0.15, -0.1) is 0 Å². The van der Waals surface area contributed by atoms with Crippen molar-refractivity contribution in [3.05, 3.63) is 53.7 Å². The summed E-state index contributed by atoms with van der Waals surface area (Å²) < 4.78 is 16.1. The van der Waals surface area contributed by atoms with Crippen molar-refractivity contribution < 1.29 is 4.39 Å². The smallest absolute Gasteiger partial charge is 0.131 e. The first kappa shape index (κ1) is 12.6. The molecule has 4 rings (SSSR count). The first-order valence-corrected chi connectivity index (χ1v) is 7.50. The van der Waals surface area contributed by atoms with E-state index in [0.717, 1.165) is 36.9 Å². The van der Waals surface area contributed by atoms with Crippen molar-refractivity contribution in [3.8, 4) is 11.1 Å². The highest BCUT2D eigenvalue weighted by Crippen LogP contribution is 2.45. The molecule has 0 bridgehead atoms. The molecule has 0 saturated heterocycles. The molecule has 0 spiro atoms. The van der Waals surface area contributed by atoms with Crippen LogP contribution in [-0.4, -0.2) is 9.78 Å².